The molecule has 0 saturated heterocycles. The number of fused-ring (bicyclic) bond motifs is 1. The number of carbonyl (C=O) groups excluding carboxylic acids is 1. The number of aromatic nitrogens is 1. The minimum Gasteiger partial charge on any atom is -0.455 e. The fraction of sp³-hybridized carbons (Fsp3) is 0.0625. The molecule has 3 aromatic rings. The second-order valence-corrected chi connectivity index (χ2v) is 5.72. The fourth-order valence-electron chi connectivity index (χ4n) is 2.21. The van der Waals surface area contributed by atoms with E-state index in [1.165, 1.54) is 11.3 Å². The molecule has 108 valence electrons. The van der Waals surface area contributed by atoms with Crippen LogP contribution in [0.25, 0.3) is 10.1 Å². The maximum Gasteiger partial charge on any atom is 0.259 e. The lowest BCUT2D eigenvalue weighted by Gasteiger charge is -2.07. The van der Waals surface area contributed by atoms with Crippen molar-refractivity contribution in [1.29, 1.82) is 5.26 Å². The van der Waals surface area contributed by atoms with Crippen LogP contribution in [0.4, 0.5) is 0 Å². The first-order valence-electron chi connectivity index (χ1n) is 6.45. The Labute approximate surface area is 130 Å². The van der Waals surface area contributed by atoms with Crippen LogP contribution in [0.2, 0.25) is 0 Å². The van der Waals surface area contributed by atoms with Crippen molar-refractivity contribution in [3.8, 4) is 17.6 Å². The van der Waals surface area contributed by atoms with Crippen LogP contribution in [0.15, 0.2) is 36.7 Å². The summed E-state index contributed by atoms with van der Waals surface area (Å²) in [6.07, 6.45) is 3.29. The van der Waals surface area contributed by atoms with Crippen LogP contribution in [0, 0.1) is 18.3 Å². The highest BCUT2D eigenvalue weighted by Crippen LogP contribution is 2.37. The van der Waals surface area contributed by atoms with Gasteiger partial charge in [0.05, 0.1) is 27.4 Å². The highest BCUT2D eigenvalue weighted by Gasteiger charge is 2.17. The van der Waals surface area contributed by atoms with E-state index < -0.39 is 5.91 Å². The Kier molecular flexibility index (Phi) is 3.49. The zero-order valence-corrected chi connectivity index (χ0v) is 12.5. The predicted molar refractivity (Wildman–Crippen MR) is 84.1 cm³/mol. The Bertz CT molecular complexity index is 908. The van der Waals surface area contributed by atoms with E-state index in [1.54, 1.807) is 36.7 Å². The highest BCUT2D eigenvalue weighted by molar-refractivity contribution is 7.21. The van der Waals surface area contributed by atoms with Crippen molar-refractivity contribution in [3.05, 3.63) is 52.7 Å². The van der Waals surface area contributed by atoms with Crippen LogP contribution in [0.1, 0.15) is 20.8 Å². The van der Waals surface area contributed by atoms with Gasteiger partial charge in [0.25, 0.3) is 5.91 Å². The van der Waals surface area contributed by atoms with E-state index in [0.29, 0.717) is 21.9 Å². The molecule has 0 spiro atoms. The van der Waals surface area contributed by atoms with Crippen LogP contribution >= 0.6 is 11.3 Å². The number of aryl methyl sites for hydroxylation is 1. The van der Waals surface area contributed by atoms with Gasteiger partial charge in [0, 0.05) is 11.6 Å². The minimum absolute atomic E-state index is 0.456. The van der Waals surface area contributed by atoms with E-state index in [0.717, 1.165) is 15.6 Å². The average molecular weight is 309 g/mol. The van der Waals surface area contributed by atoms with Crippen LogP contribution < -0.4 is 10.5 Å². The van der Waals surface area contributed by atoms with Gasteiger partial charge >= 0.3 is 0 Å². The molecule has 0 saturated carbocycles. The second kappa shape index (κ2) is 5.47. The molecule has 2 aromatic heterocycles. The largest absolute Gasteiger partial charge is 0.455 e. The molecule has 3 rings (SSSR count). The molecule has 5 nitrogen and oxygen atoms in total. The van der Waals surface area contributed by atoms with Crippen molar-refractivity contribution in [2.45, 2.75) is 6.92 Å². The van der Waals surface area contributed by atoms with Crippen LogP contribution in [-0.4, -0.2) is 10.9 Å². The molecule has 0 aliphatic carbocycles. The van der Waals surface area contributed by atoms with E-state index in [9.17, 15) is 4.79 Å². The van der Waals surface area contributed by atoms with Gasteiger partial charge < -0.3 is 10.5 Å². The van der Waals surface area contributed by atoms with Crippen molar-refractivity contribution in [2.75, 3.05) is 0 Å². The van der Waals surface area contributed by atoms with Crippen molar-refractivity contribution < 1.29 is 9.53 Å². The Morgan fingerprint density at radius 1 is 1.32 bits per heavy atom. The highest BCUT2D eigenvalue weighted by atomic mass is 32.1. The SMILES string of the molecule is Cc1c(C(N)=O)sc2cncc(Oc3ccc(C#N)cc3)c12. The molecule has 2 heterocycles. The Hall–Kier alpha value is -2.91. The molecule has 6 heteroatoms. The smallest absolute Gasteiger partial charge is 0.259 e. The van der Waals surface area contributed by atoms with Gasteiger partial charge in [-0.3, -0.25) is 9.78 Å². The number of amides is 1. The number of hydrogen-bond donors (Lipinski definition) is 1. The van der Waals surface area contributed by atoms with E-state index in [2.05, 4.69) is 11.1 Å². The summed E-state index contributed by atoms with van der Waals surface area (Å²) in [5.41, 5.74) is 6.74. The summed E-state index contributed by atoms with van der Waals surface area (Å²) in [5, 5.41) is 9.64. The molecule has 0 bridgehead atoms. The maximum absolute atomic E-state index is 11.5. The summed E-state index contributed by atoms with van der Waals surface area (Å²) in [6, 6.07) is 8.85. The minimum atomic E-state index is -0.456. The van der Waals surface area contributed by atoms with Crippen molar-refractivity contribution in [3.63, 3.8) is 0 Å². The fourth-order valence-corrected chi connectivity index (χ4v) is 3.25. The number of nitrogens with two attached hydrogens (primary N) is 1. The van der Waals surface area contributed by atoms with E-state index in [-0.39, 0.29) is 0 Å². The molecular weight excluding hydrogens is 298 g/mol. The van der Waals surface area contributed by atoms with Gasteiger partial charge in [-0.2, -0.15) is 5.26 Å². The lowest BCUT2D eigenvalue weighted by Crippen LogP contribution is -2.09. The number of thiophene rings is 1. The van der Waals surface area contributed by atoms with Crippen molar-refractivity contribution in [1.82, 2.24) is 4.98 Å². The molecule has 0 aliphatic heterocycles. The number of hydrogen-bond acceptors (Lipinski definition) is 5. The first-order valence-corrected chi connectivity index (χ1v) is 7.26. The summed E-state index contributed by atoms with van der Waals surface area (Å²) in [6.45, 7) is 1.84. The number of rotatable bonds is 3. The molecule has 0 atom stereocenters. The number of nitrogens with zero attached hydrogens (tertiary/aromatic N) is 2. The molecule has 1 amide bonds. The molecule has 0 aliphatic rings. The van der Waals surface area contributed by atoms with E-state index >= 15 is 0 Å². The second-order valence-electron chi connectivity index (χ2n) is 4.67. The van der Waals surface area contributed by atoms with Crippen LogP contribution in [0.5, 0.6) is 11.5 Å². The number of pyridine rings is 1. The summed E-state index contributed by atoms with van der Waals surface area (Å²) in [5.74, 6) is 0.700. The van der Waals surface area contributed by atoms with E-state index in [1.807, 2.05) is 6.92 Å². The van der Waals surface area contributed by atoms with Gasteiger partial charge in [-0.15, -0.1) is 11.3 Å². The third-order valence-electron chi connectivity index (χ3n) is 3.24. The molecule has 22 heavy (non-hydrogen) atoms. The lowest BCUT2D eigenvalue weighted by atomic mass is 10.1. The van der Waals surface area contributed by atoms with Gasteiger partial charge in [-0.05, 0) is 36.8 Å². The quantitative estimate of drug-likeness (QED) is 0.803. The van der Waals surface area contributed by atoms with E-state index in [4.69, 9.17) is 15.7 Å². The van der Waals surface area contributed by atoms with Crippen molar-refractivity contribution in [2.24, 2.45) is 5.73 Å². The predicted octanol–water partition coefficient (Wildman–Crippen LogP) is 3.37. The monoisotopic (exact) mass is 309 g/mol. The Balaban J connectivity index is 2.06. The van der Waals surface area contributed by atoms with Crippen LogP contribution in [0.3, 0.4) is 0 Å². The first-order chi connectivity index (χ1) is 10.6. The van der Waals surface area contributed by atoms with Gasteiger partial charge in [0.15, 0.2) is 5.75 Å². The number of nitriles is 1. The number of carbonyl (C=O) groups is 1. The topological polar surface area (TPSA) is 89.0 Å². The molecule has 0 radical (unpaired) electrons. The molecule has 1 aromatic carbocycles. The molecule has 2 N–H and O–H groups in total. The summed E-state index contributed by atoms with van der Waals surface area (Å²) in [4.78, 5) is 16.1. The Morgan fingerprint density at radius 2 is 2.05 bits per heavy atom. The zero-order valence-electron chi connectivity index (χ0n) is 11.7. The number of ether oxygens (including phenoxy) is 1. The van der Waals surface area contributed by atoms with Crippen molar-refractivity contribution >= 4 is 27.3 Å². The maximum atomic E-state index is 11.5. The molecular formula is C16H11N3O2S. The number of primary amides is 1. The van der Waals surface area contributed by atoms with Gasteiger partial charge in [0.2, 0.25) is 0 Å². The molecule has 0 fully saturated rings. The third kappa shape index (κ3) is 2.38. The average Bonchev–Trinajstić information content (AvgIpc) is 2.86. The summed E-state index contributed by atoms with van der Waals surface area (Å²) in [7, 11) is 0. The lowest BCUT2D eigenvalue weighted by molar-refractivity contribution is 0.100. The Morgan fingerprint density at radius 3 is 2.68 bits per heavy atom. The van der Waals surface area contributed by atoms with Crippen LogP contribution in [-0.2, 0) is 0 Å². The molecule has 0 unspecified atom stereocenters. The zero-order chi connectivity index (χ0) is 15.7. The standard InChI is InChI=1S/C16H11N3O2S/c1-9-14-12(21-11-4-2-10(6-17)3-5-11)7-19-8-13(14)22-15(9)16(18)20/h2-5,7-8H,1H3,(H2,18,20). The normalized spacial score (nSPS) is 10.4. The third-order valence-corrected chi connectivity index (χ3v) is 4.48. The van der Waals surface area contributed by atoms with Gasteiger partial charge in [-0.1, -0.05) is 0 Å². The van der Waals surface area contributed by atoms with Gasteiger partial charge in [0.1, 0.15) is 5.75 Å². The summed E-state index contributed by atoms with van der Waals surface area (Å²) < 4.78 is 6.69. The number of benzene rings is 1. The summed E-state index contributed by atoms with van der Waals surface area (Å²) >= 11 is 1.30. The first kappa shape index (κ1) is 14.0. The van der Waals surface area contributed by atoms with Gasteiger partial charge in [-0.25, -0.2) is 0 Å².